The Labute approximate surface area is 144 Å². The number of carboxylic acids is 1. The van der Waals surface area contributed by atoms with Gasteiger partial charge in [0.1, 0.15) is 11.3 Å². The average molecular weight is 369 g/mol. The number of rotatable bonds is 4. The molecular formula is C15H19N3O6S. The van der Waals surface area contributed by atoms with Gasteiger partial charge in [-0.05, 0) is 30.9 Å². The van der Waals surface area contributed by atoms with Gasteiger partial charge in [-0.1, -0.05) is 0 Å². The Kier molecular flexibility index (Phi) is 3.80. The van der Waals surface area contributed by atoms with Crippen LogP contribution in [0.3, 0.4) is 0 Å². The minimum absolute atomic E-state index is 0.0114. The van der Waals surface area contributed by atoms with Crippen LogP contribution in [0.4, 0.5) is 0 Å². The second-order valence-electron chi connectivity index (χ2n) is 6.60. The molecule has 1 aromatic heterocycles. The van der Waals surface area contributed by atoms with Crippen molar-refractivity contribution in [3.8, 4) is 0 Å². The van der Waals surface area contributed by atoms with Gasteiger partial charge in [0.2, 0.25) is 10.0 Å². The van der Waals surface area contributed by atoms with Gasteiger partial charge in [-0.3, -0.25) is 14.2 Å². The summed E-state index contributed by atoms with van der Waals surface area (Å²) in [6.45, 7) is -0.282. The van der Waals surface area contributed by atoms with Gasteiger partial charge in [-0.15, -0.1) is 0 Å². The van der Waals surface area contributed by atoms with Crippen LogP contribution in [0.25, 0.3) is 0 Å². The first-order valence-corrected chi connectivity index (χ1v) is 9.17. The highest BCUT2D eigenvalue weighted by molar-refractivity contribution is 7.90. The van der Waals surface area contributed by atoms with E-state index in [2.05, 4.69) is 0 Å². The van der Waals surface area contributed by atoms with Crippen molar-refractivity contribution in [2.24, 2.45) is 5.92 Å². The average Bonchev–Trinajstić information content (AvgIpc) is 3.35. The van der Waals surface area contributed by atoms with Gasteiger partial charge in [0.25, 0.3) is 11.5 Å². The van der Waals surface area contributed by atoms with Gasteiger partial charge in [-0.25, -0.2) is 17.5 Å². The molecule has 1 amide bonds. The van der Waals surface area contributed by atoms with E-state index in [0.717, 1.165) is 14.9 Å². The zero-order valence-corrected chi connectivity index (χ0v) is 14.9. The van der Waals surface area contributed by atoms with E-state index in [1.54, 1.807) is 0 Å². The first-order valence-electron chi connectivity index (χ1n) is 7.73. The third kappa shape index (κ3) is 2.24. The van der Waals surface area contributed by atoms with Crippen molar-refractivity contribution in [2.75, 3.05) is 21.1 Å². The van der Waals surface area contributed by atoms with E-state index < -0.39 is 37.9 Å². The van der Waals surface area contributed by atoms with E-state index in [-0.39, 0.29) is 18.2 Å². The molecule has 0 radical (unpaired) electrons. The summed E-state index contributed by atoms with van der Waals surface area (Å²) in [4.78, 5) is 36.2. The number of likely N-dealkylation sites (N-methyl/N-ethyl adjacent to an activating group) is 1. The van der Waals surface area contributed by atoms with Crippen LogP contribution in [0, 0.1) is 5.92 Å². The number of pyridine rings is 1. The monoisotopic (exact) mass is 369 g/mol. The Morgan fingerprint density at radius 1 is 1.28 bits per heavy atom. The highest BCUT2D eigenvalue weighted by Gasteiger charge is 2.62. The molecule has 1 fully saturated rings. The van der Waals surface area contributed by atoms with Gasteiger partial charge in [0.15, 0.2) is 4.87 Å². The first-order chi connectivity index (χ1) is 11.6. The van der Waals surface area contributed by atoms with Gasteiger partial charge >= 0.3 is 5.97 Å². The fourth-order valence-electron chi connectivity index (χ4n) is 3.48. The summed E-state index contributed by atoms with van der Waals surface area (Å²) in [7, 11) is 0.233. The molecule has 0 aromatic carbocycles. The maximum atomic E-state index is 13.1. The lowest BCUT2D eigenvalue weighted by Crippen LogP contribution is -2.66. The normalized spacial score (nSPS) is 23.7. The molecule has 9 nitrogen and oxygen atoms in total. The molecule has 0 saturated heterocycles. The number of carboxylic acid groups (broad SMARTS) is 1. The molecule has 1 atom stereocenters. The van der Waals surface area contributed by atoms with Crippen LogP contribution in [-0.2, 0) is 16.6 Å². The molecule has 2 heterocycles. The Balaban J connectivity index is 2.30. The molecule has 1 aromatic rings. The van der Waals surface area contributed by atoms with Crippen LogP contribution in [0.15, 0.2) is 16.9 Å². The summed E-state index contributed by atoms with van der Waals surface area (Å²) in [5.74, 6) is -2.33. The van der Waals surface area contributed by atoms with E-state index in [4.69, 9.17) is 5.11 Å². The number of carbonyl (C=O) groups is 2. The number of aromatic nitrogens is 1. The predicted molar refractivity (Wildman–Crippen MR) is 87.8 cm³/mol. The van der Waals surface area contributed by atoms with E-state index in [9.17, 15) is 22.8 Å². The van der Waals surface area contributed by atoms with Crippen molar-refractivity contribution in [2.45, 2.75) is 24.3 Å². The third-order valence-corrected chi connectivity index (χ3v) is 7.61. The standard InChI is InChI=1S/C15H19N3O6S/c1-16(2)25(23,24)15(9-4-5-9)8-18-11(13(20)17(15)3)7-6-10(12(18)19)14(21)22/h6-7,9H,4-5,8H2,1-3H3,(H,21,22). The van der Waals surface area contributed by atoms with E-state index in [1.807, 2.05) is 0 Å². The maximum Gasteiger partial charge on any atom is 0.341 e. The summed E-state index contributed by atoms with van der Waals surface area (Å²) < 4.78 is 28.2. The van der Waals surface area contributed by atoms with Crippen molar-refractivity contribution in [3.05, 3.63) is 33.7 Å². The Morgan fingerprint density at radius 2 is 1.88 bits per heavy atom. The predicted octanol–water partition coefficient (Wildman–Crippen LogP) is -0.370. The van der Waals surface area contributed by atoms with Crippen LogP contribution in [-0.4, -0.2) is 65.2 Å². The lowest BCUT2D eigenvalue weighted by atomic mass is 10.0. The molecule has 1 N–H and O–H groups in total. The molecule has 10 heteroatoms. The van der Waals surface area contributed by atoms with Crippen molar-refractivity contribution < 1.29 is 23.1 Å². The zero-order chi connectivity index (χ0) is 18.7. The molecule has 1 unspecified atom stereocenters. The Hall–Kier alpha value is -2.20. The number of nitrogens with zero attached hydrogens (tertiary/aromatic N) is 3. The number of hydrogen-bond acceptors (Lipinski definition) is 5. The third-order valence-electron chi connectivity index (χ3n) is 5.02. The van der Waals surface area contributed by atoms with Gasteiger partial charge < -0.3 is 10.0 Å². The van der Waals surface area contributed by atoms with Crippen LogP contribution >= 0.6 is 0 Å². The van der Waals surface area contributed by atoms with Crippen LogP contribution in [0.1, 0.15) is 33.7 Å². The smallest absolute Gasteiger partial charge is 0.341 e. The summed E-state index contributed by atoms with van der Waals surface area (Å²) in [6, 6.07) is 2.33. The summed E-state index contributed by atoms with van der Waals surface area (Å²) in [6.07, 6.45) is 1.24. The number of amides is 1. The fraction of sp³-hybridized carbons (Fsp3) is 0.533. The number of aromatic carboxylic acids is 1. The number of fused-ring (bicyclic) bond motifs is 1. The van der Waals surface area contributed by atoms with Gasteiger partial charge in [0.05, 0.1) is 6.54 Å². The lowest BCUT2D eigenvalue weighted by Gasteiger charge is -2.46. The zero-order valence-electron chi connectivity index (χ0n) is 14.1. The van der Waals surface area contributed by atoms with Gasteiger partial charge in [-0.2, -0.15) is 0 Å². The lowest BCUT2D eigenvalue weighted by molar-refractivity contribution is 0.0530. The number of carbonyl (C=O) groups excluding carboxylic acids is 1. The Morgan fingerprint density at radius 3 is 2.36 bits per heavy atom. The topological polar surface area (TPSA) is 117 Å². The second-order valence-corrected chi connectivity index (χ2v) is 8.99. The summed E-state index contributed by atoms with van der Waals surface area (Å²) >= 11 is 0. The molecule has 136 valence electrons. The van der Waals surface area contributed by atoms with Crippen molar-refractivity contribution in [3.63, 3.8) is 0 Å². The fourth-order valence-corrected chi connectivity index (χ4v) is 5.49. The molecule has 1 aliphatic heterocycles. The van der Waals surface area contributed by atoms with Crippen LogP contribution in [0.5, 0.6) is 0 Å². The van der Waals surface area contributed by atoms with Crippen molar-refractivity contribution >= 4 is 21.9 Å². The summed E-state index contributed by atoms with van der Waals surface area (Å²) in [5, 5.41) is 9.15. The molecule has 0 bridgehead atoms. The van der Waals surface area contributed by atoms with Gasteiger partial charge in [0, 0.05) is 21.1 Å². The largest absolute Gasteiger partial charge is 0.477 e. The molecule has 2 aliphatic rings. The molecule has 3 rings (SSSR count). The molecule has 1 saturated carbocycles. The summed E-state index contributed by atoms with van der Waals surface area (Å²) in [5.41, 5.74) is -1.37. The molecule has 0 spiro atoms. The SMILES string of the molecule is CN1C(=O)c2ccc(C(=O)O)c(=O)n2CC1(C1CC1)S(=O)(=O)N(C)C. The Bertz CT molecular complexity index is 931. The van der Waals surface area contributed by atoms with Crippen molar-refractivity contribution in [1.29, 1.82) is 0 Å². The van der Waals surface area contributed by atoms with E-state index in [1.165, 1.54) is 32.1 Å². The maximum absolute atomic E-state index is 13.1. The number of sulfonamides is 1. The molecule has 25 heavy (non-hydrogen) atoms. The van der Waals surface area contributed by atoms with Crippen LogP contribution < -0.4 is 5.56 Å². The van der Waals surface area contributed by atoms with Crippen molar-refractivity contribution in [1.82, 2.24) is 13.8 Å². The van der Waals surface area contributed by atoms with E-state index in [0.29, 0.717) is 12.8 Å². The quantitative estimate of drug-likeness (QED) is 0.774. The second kappa shape index (κ2) is 5.40. The highest BCUT2D eigenvalue weighted by Crippen LogP contribution is 2.49. The minimum atomic E-state index is -3.94. The minimum Gasteiger partial charge on any atom is -0.477 e. The molecule has 1 aliphatic carbocycles. The first kappa shape index (κ1) is 17.6. The molecular weight excluding hydrogens is 350 g/mol. The highest BCUT2D eigenvalue weighted by atomic mass is 32.2. The number of hydrogen-bond donors (Lipinski definition) is 1. The van der Waals surface area contributed by atoms with E-state index >= 15 is 0 Å². The van der Waals surface area contributed by atoms with Crippen LogP contribution in [0.2, 0.25) is 0 Å².